The number of piperidine rings is 1. The first kappa shape index (κ1) is 19.3. The molecule has 0 aliphatic carbocycles. The van der Waals surface area contributed by atoms with Crippen LogP contribution < -0.4 is 5.32 Å². The molecule has 0 radical (unpaired) electrons. The minimum atomic E-state index is -0.129. The van der Waals surface area contributed by atoms with Gasteiger partial charge < -0.3 is 24.7 Å². The SMILES string of the molecule is CN(Cc1cc(-c2ccncc2)no1)C(=O)NCC1CCCN(CCO)C1. The van der Waals surface area contributed by atoms with Crippen molar-refractivity contribution < 1.29 is 14.4 Å². The van der Waals surface area contributed by atoms with Crippen molar-refractivity contribution in [3.8, 4) is 11.3 Å². The molecule has 2 N–H and O–H groups in total. The summed E-state index contributed by atoms with van der Waals surface area (Å²) >= 11 is 0. The fraction of sp³-hybridized carbons (Fsp3) is 0.526. The average Bonchev–Trinajstić information content (AvgIpc) is 3.16. The number of hydrogen-bond acceptors (Lipinski definition) is 6. The lowest BCUT2D eigenvalue weighted by Gasteiger charge is -2.32. The van der Waals surface area contributed by atoms with Crippen LogP contribution in [-0.2, 0) is 6.54 Å². The zero-order valence-corrected chi connectivity index (χ0v) is 15.7. The fourth-order valence-electron chi connectivity index (χ4n) is 3.38. The van der Waals surface area contributed by atoms with Crippen LogP contribution in [0.1, 0.15) is 18.6 Å². The Morgan fingerprint density at radius 1 is 1.44 bits per heavy atom. The quantitative estimate of drug-likeness (QED) is 0.765. The van der Waals surface area contributed by atoms with E-state index >= 15 is 0 Å². The predicted octanol–water partition coefficient (Wildman–Crippen LogP) is 1.58. The van der Waals surface area contributed by atoms with Crippen molar-refractivity contribution in [2.45, 2.75) is 19.4 Å². The summed E-state index contributed by atoms with van der Waals surface area (Å²) in [6, 6.07) is 5.44. The number of nitrogens with one attached hydrogen (secondary N) is 1. The second-order valence-electron chi connectivity index (χ2n) is 6.99. The highest BCUT2D eigenvalue weighted by atomic mass is 16.5. The molecule has 1 atom stereocenters. The van der Waals surface area contributed by atoms with Gasteiger partial charge in [0.1, 0.15) is 5.69 Å². The van der Waals surface area contributed by atoms with Crippen LogP contribution in [0.4, 0.5) is 4.79 Å². The molecular weight excluding hydrogens is 346 g/mol. The summed E-state index contributed by atoms with van der Waals surface area (Å²) in [5, 5.41) is 16.1. The summed E-state index contributed by atoms with van der Waals surface area (Å²) in [5.74, 6) is 1.05. The van der Waals surface area contributed by atoms with Crippen molar-refractivity contribution in [3.63, 3.8) is 0 Å². The van der Waals surface area contributed by atoms with E-state index in [1.165, 1.54) is 0 Å². The Bertz CT molecular complexity index is 719. The molecule has 8 heteroatoms. The number of amides is 2. The Morgan fingerprint density at radius 3 is 3.04 bits per heavy atom. The minimum absolute atomic E-state index is 0.129. The number of β-amino-alcohol motifs (C(OH)–C–C–N with tert-alkyl or cyclic N) is 1. The first-order valence-corrected chi connectivity index (χ1v) is 9.34. The molecule has 27 heavy (non-hydrogen) atoms. The highest BCUT2D eigenvalue weighted by molar-refractivity contribution is 5.73. The molecule has 2 aromatic rings. The van der Waals surface area contributed by atoms with Crippen LogP contribution in [0.5, 0.6) is 0 Å². The van der Waals surface area contributed by atoms with Crippen LogP contribution in [0, 0.1) is 5.92 Å². The number of rotatable bonds is 7. The molecular formula is C19H27N5O3. The summed E-state index contributed by atoms with van der Waals surface area (Å²) < 4.78 is 5.35. The number of urea groups is 1. The lowest BCUT2D eigenvalue weighted by molar-refractivity contribution is 0.137. The molecule has 1 saturated heterocycles. The first-order chi connectivity index (χ1) is 13.2. The van der Waals surface area contributed by atoms with Gasteiger partial charge in [0, 0.05) is 50.7 Å². The number of carbonyl (C=O) groups excluding carboxylic acids is 1. The zero-order chi connectivity index (χ0) is 19.1. The molecule has 0 aromatic carbocycles. The number of carbonyl (C=O) groups is 1. The number of hydrogen-bond donors (Lipinski definition) is 2. The maximum Gasteiger partial charge on any atom is 0.317 e. The van der Waals surface area contributed by atoms with Crippen LogP contribution >= 0.6 is 0 Å². The number of nitrogens with zero attached hydrogens (tertiary/aromatic N) is 4. The molecule has 1 aliphatic heterocycles. The highest BCUT2D eigenvalue weighted by Crippen LogP contribution is 2.19. The van der Waals surface area contributed by atoms with E-state index in [0.717, 1.165) is 37.2 Å². The highest BCUT2D eigenvalue weighted by Gasteiger charge is 2.21. The van der Waals surface area contributed by atoms with E-state index in [1.54, 1.807) is 24.3 Å². The van der Waals surface area contributed by atoms with E-state index < -0.39 is 0 Å². The molecule has 0 spiro atoms. The lowest BCUT2D eigenvalue weighted by atomic mass is 9.98. The van der Waals surface area contributed by atoms with Crippen LogP contribution in [0.3, 0.4) is 0 Å². The van der Waals surface area contributed by atoms with Crippen molar-refractivity contribution in [2.75, 3.05) is 39.8 Å². The Balaban J connectivity index is 1.46. The van der Waals surface area contributed by atoms with Gasteiger partial charge in [-0.25, -0.2) is 4.79 Å². The van der Waals surface area contributed by atoms with Gasteiger partial charge in [0.05, 0.1) is 13.2 Å². The number of likely N-dealkylation sites (tertiary alicyclic amines) is 1. The molecule has 3 heterocycles. The van der Waals surface area contributed by atoms with Crippen LogP contribution in [-0.4, -0.2) is 70.9 Å². The summed E-state index contributed by atoms with van der Waals surface area (Å²) in [7, 11) is 1.74. The van der Waals surface area contributed by atoms with Gasteiger partial charge in [-0.15, -0.1) is 0 Å². The van der Waals surface area contributed by atoms with Gasteiger partial charge in [-0.3, -0.25) is 4.98 Å². The molecule has 1 unspecified atom stereocenters. The van der Waals surface area contributed by atoms with Crippen molar-refractivity contribution in [1.29, 1.82) is 0 Å². The van der Waals surface area contributed by atoms with Gasteiger partial charge in [-0.1, -0.05) is 5.16 Å². The van der Waals surface area contributed by atoms with Gasteiger partial charge in [0.25, 0.3) is 0 Å². The van der Waals surface area contributed by atoms with Gasteiger partial charge in [-0.05, 0) is 37.4 Å². The molecule has 2 aromatic heterocycles. The van der Waals surface area contributed by atoms with E-state index in [1.807, 2.05) is 18.2 Å². The van der Waals surface area contributed by atoms with Gasteiger partial charge in [0.15, 0.2) is 5.76 Å². The number of pyridine rings is 1. The second-order valence-corrected chi connectivity index (χ2v) is 6.99. The van der Waals surface area contributed by atoms with E-state index in [2.05, 4.69) is 20.4 Å². The third-order valence-corrected chi connectivity index (χ3v) is 4.84. The van der Waals surface area contributed by atoms with Crippen molar-refractivity contribution in [2.24, 2.45) is 5.92 Å². The van der Waals surface area contributed by atoms with Crippen molar-refractivity contribution in [3.05, 3.63) is 36.4 Å². The summed E-state index contributed by atoms with van der Waals surface area (Å²) in [6.07, 6.45) is 5.61. The Kier molecular flexibility index (Phi) is 6.78. The maximum absolute atomic E-state index is 12.4. The largest absolute Gasteiger partial charge is 0.395 e. The van der Waals surface area contributed by atoms with Gasteiger partial charge in [-0.2, -0.15) is 0 Å². The van der Waals surface area contributed by atoms with E-state index in [0.29, 0.717) is 31.3 Å². The average molecular weight is 373 g/mol. The molecule has 2 amide bonds. The maximum atomic E-state index is 12.4. The van der Waals surface area contributed by atoms with Crippen LogP contribution in [0.25, 0.3) is 11.3 Å². The molecule has 0 bridgehead atoms. The number of aliphatic hydroxyl groups is 1. The summed E-state index contributed by atoms with van der Waals surface area (Å²) in [4.78, 5) is 20.2. The van der Waals surface area contributed by atoms with Crippen molar-refractivity contribution >= 4 is 6.03 Å². The van der Waals surface area contributed by atoms with E-state index in [4.69, 9.17) is 9.63 Å². The van der Waals surface area contributed by atoms with Gasteiger partial charge >= 0.3 is 6.03 Å². The number of aliphatic hydroxyl groups excluding tert-OH is 1. The molecule has 3 rings (SSSR count). The number of aromatic nitrogens is 2. The third kappa shape index (κ3) is 5.51. The standard InChI is InChI=1S/C19H27N5O3/c1-23(14-17-11-18(22-27-17)16-4-6-20-7-5-16)19(26)21-12-15-3-2-8-24(13-15)9-10-25/h4-7,11,15,25H,2-3,8-10,12-14H2,1H3,(H,21,26). The Morgan fingerprint density at radius 2 is 2.26 bits per heavy atom. The predicted molar refractivity (Wildman–Crippen MR) is 101 cm³/mol. The summed E-state index contributed by atoms with van der Waals surface area (Å²) in [6.45, 7) is 3.82. The zero-order valence-electron chi connectivity index (χ0n) is 15.7. The molecule has 1 aliphatic rings. The van der Waals surface area contributed by atoms with Gasteiger partial charge in [0.2, 0.25) is 0 Å². The topological polar surface area (TPSA) is 94.7 Å². The first-order valence-electron chi connectivity index (χ1n) is 9.34. The lowest BCUT2D eigenvalue weighted by Crippen LogP contribution is -2.44. The normalized spacial score (nSPS) is 17.6. The molecule has 8 nitrogen and oxygen atoms in total. The van der Waals surface area contributed by atoms with Crippen molar-refractivity contribution in [1.82, 2.24) is 25.3 Å². The smallest absolute Gasteiger partial charge is 0.317 e. The molecule has 1 fully saturated rings. The molecule has 146 valence electrons. The van der Waals surface area contributed by atoms with Crippen LogP contribution in [0.15, 0.2) is 35.1 Å². The Hall–Kier alpha value is -2.45. The third-order valence-electron chi connectivity index (χ3n) is 4.84. The van der Waals surface area contributed by atoms with Crippen LogP contribution in [0.2, 0.25) is 0 Å². The Labute approximate surface area is 159 Å². The second kappa shape index (κ2) is 9.48. The summed E-state index contributed by atoms with van der Waals surface area (Å²) in [5.41, 5.74) is 1.66. The van der Waals surface area contributed by atoms with E-state index in [9.17, 15) is 4.79 Å². The fourth-order valence-corrected chi connectivity index (χ4v) is 3.38. The molecule has 0 saturated carbocycles. The minimum Gasteiger partial charge on any atom is -0.395 e. The monoisotopic (exact) mass is 373 g/mol. The van der Waals surface area contributed by atoms with E-state index in [-0.39, 0.29) is 12.6 Å².